The molecule has 0 saturated carbocycles. The molecule has 0 spiro atoms. The Bertz CT molecular complexity index is 369. The number of halogens is 3. The normalized spacial score (nSPS) is 21.6. The van der Waals surface area contributed by atoms with Crippen molar-refractivity contribution in [3.05, 3.63) is 11.8 Å². The van der Waals surface area contributed by atoms with Crippen molar-refractivity contribution in [3.63, 3.8) is 0 Å². The van der Waals surface area contributed by atoms with Crippen LogP contribution in [0.3, 0.4) is 0 Å². The van der Waals surface area contributed by atoms with Gasteiger partial charge in [-0.3, -0.25) is 0 Å². The van der Waals surface area contributed by atoms with Gasteiger partial charge in [-0.1, -0.05) is 0 Å². The number of alkyl halides is 3. The summed E-state index contributed by atoms with van der Waals surface area (Å²) in [6.07, 6.45) is -2.77. The fourth-order valence-electron chi connectivity index (χ4n) is 1.70. The number of aromatic nitrogens is 2. The van der Waals surface area contributed by atoms with Crippen molar-refractivity contribution in [2.75, 3.05) is 12.3 Å². The molecule has 1 atom stereocenters. The Morgan fingerprint density at radius 1 is 1.56 bits per heavy atom. The Kier molecular flexibility index (Phi) is 2.79. The molecule has 0 aliphatic carbocycles. The van der Waals surface area contributed by atoms with Crippen LogP contribution in [0.15, 0.2) is 6.07 Å². The number of nitrogen functional groups attached to an aromatic ring is 1. The first-order valence-corrected chi connectivity index (χ1v) is 4.99. The molecule has 1 saturated heterocycles. The van der Waals surface area contributed by atoms with E-state index >= 15 is 0 Å². The monoisotopic (exact) mass is 235 g/mol. The van der Waals surface area contributed by atoms with Gasteiger partial charge in [0.2, 0.25) is 0 Å². The fraction of sp³-hybridized carbons (Fsp3) is 0.667. The van der Waals surface area contributed by atoms with Crippen LogP contribution in [0.5, 0.6) is 0 Å². The predicted molar refractivity (Wildman–Crippen MR) is 50.6 cm³/mol. The van der Waals surface area contributed by atoms with Gasteiger partial charge in [-0.15, -0.1) is 0 Å². The summed E-state index contributed by atoms with van der Waals surface area (Å²) in [5, 5.41) is 3.43. The van der Waals surface area contributed by atoms with Crippen molar-refractivity contribution >= 4 is 5.82 Å². The maximum Gasteiger partial charge on any atom is 0.435 e. The molecule has 0 amide bonds. The molecule has 16 heavy (non-hydrogen) atoms. The van der Waals surface area contributed by atoms with E-state index < -0.39 is 11.9 Å². The summed E-state index contributed by atoms with van der Waals surface area (Å²) in [5.74, 6) is 0.0165. The lowest BCUT2D eigenvalue weighted by Gasteiger charge is -2.10. The van der Waals surface area contributed by atoms with Gasteiger partial charge in [0.05, 0.1) is 12.6 Å². The van der Waals surface area contributed by atoms with Gasteiger partial charge in [0.25, 0.3) is 0 Å². The van der Waals surface area contributed by atoms with Crippen LogP contribution in [-0.4, -0.2) is 22.5 Å². The highest BCUT2D eigenvalue weighted by Crippen LogP contribution is 2.29. The molecule has 7 heteroatoms. The Morgan fingerprint density at radius 3 is 2.81 bits per heavy atom. The van der Waals surface area contributed by atoms with Crippen molar-refractivity contribution in [2.45, 2.75) is 31.7 Å². The van der Waals surface area contributed by atoms with E-state index in [1.54, 1.807) is 0 Å². The van der Waals surface area contributed by atoms with Crippen molar-refractivity contribution in [1.82, 2.24) is 9.78 Å². The highest BCUT2D eigenvalue weighted by molar-refractivity contribution is 5.32. The summed E-state index contributed by atoms with van der Waals surface area (Å²) >= 11 is 0. The lowest BCUT2D eigenvalue weighted by atomic mass is 10.2. The number of ether oxygens (including phenoxy) is 1. The molecule has 1 unspecified atom stereocenters. The topological polar surface area (TPSA) is 53.1 Å². The maximum absolute atomic E-state index is 12.3. The minimum Gasteiger partial charge on any atom is -0.384 e. The van der Waals surface area contributed by atoms with Crippen LogP contribution in [0.4, 0.5) is 19.0 Å². The van der Waals surface area contributed by atoms with Crippen molar-refractivity contribution < 1.29 is 17.9 Å². The summed E-state index contributed by atoms with van der Waals surface area (Å²) in [7, 11) is 0. The van der Waals surface area contributed by atoms with E-state index in [9.17, 15) is 13.2 Å². The van der Waals surface area contributed by atoms with E-state index in [0.29, 0.717) is 6.61 Å². The molecule has 2 rings (SSSR count). The Morgan fingerprint density at radius 2 is 2.31 bits per heavy atom. The number of rotatable bonds is 2. The highest BCUT2D eigenvalue weighted by atomic mass is 19.4. The Hall–Kier alpha value is -1.24. The first-order chi connectivity index (χ1) is 7.47. The Labute approximate surface area is 90.2 Å². The van der Waals surface area contributed by atoms with E-state index in [2.05, 4.69) is 5.10 Å². The number of nitrogens with two attached hydrogens (primary N) is 1. The molecule has 4 nitrogen and oxygen atoms in total. The minimum atomic E-state index is -4.45. The lowest BCUT2D eigenvalue weighted by molar-refractivity contribution is -0.141. The summed E-state index contributed by atoms with van der Waals surface area (Å²) < 4.78 is 43.5. The van der Waals surface area contributed by atoms with Crippen LogP contribution in [0.25, 0.3) is 0 Å². The first-order valence-electron chi connectivity index (χ1n) is 4.99. The third-order valence-electron chi connectivity index (χ3n) is 2.50. The summed E-state index contributed by atoms with van der Waals surface area (Å²) in [6, 6.07) is 0.842. The molecule has 1 aliphatic rings. The standard InChI is InChI=1S/C9H12F3N3O/c10-9(11,12)7-4-8(13)15(14-7)5-6-2-1-3-16-6/h4,6H,1-3,5,13H2. The van der Waals surface area contributed by atoms with Crippen molar-refractivity contribution in [1.29, 1.82) is 0 Å². The molecule has 2 heterocycles. The Balaban J connectivity index is 2.12. The lowest BCUT2D eigenvalue weighted by Crippen LogP contribution is -2.18. The molecule has 0 radical (unpaired) electrons. The van der Waals surface area contributed by atoms with Gasteiger partial charge in [-0.2, -0.15) is 18.3 Å². The van der Waals surface area contributed by atoms with Gasteiger partial charge in [0.1, 0.15) is 5.82 Å². The molecular weight excluding hydrogens is 223 g/mol. The smallest absolute Gasteiger partial charge is 0.384 e. The number of nitrogens with zero attached hydrogens (tertiary/aromatic N) is 2. The molecule has 2 N–H and O–H groups in total. The average molecular weight is 235 g/mol. The minimum absolute atomic E-state index is 0.0165. The molecule has 1 aromatic rings. The number of hydrogen-bond donors (Lipinski definition) is 1. The van der Waals surface area contributed by atoms with Gasteiger partial charge in [-0.25, -0.2) is 4.68 Å². The zero-order valence-corrected chi connectivity index (χ0v) is 8.50. The highest BCUT2D eigenvalue weighted by Gasteiger charge is 2.35. The third kappa shape index (κ3) is 2.29. The van der Waals surface area contributed by atoms with Gasteiger partial charge >= 0.3 is 6.18 Å². The zero-order chi connectivity index (χ0) is 11.8. The number of anilines is 1. The predicted octanol–water partition coefficient (Wildman–Crippen LogP) is 1.66. The second kappa shape index (κ2) is 3.97. The molecule has 0 bridgehead atoms. The van der Waals surface area contributed by atoms with Crippen LogP contribution in [0.2, 0.25) is 0 Å². The van der Waals surface area contributed by atoms with Gasteiger partial charge in [0, 0.05) is 12.7 Å². The van der Waals surface area contributed by atoms with E-state index in [1.165, 1.54) is 0 Å². The van der Waals surface area contributed by atoms with Crippen LogP contribution in [-0.2, 0) is 17.5 Å². The van der Waals surface area contributed by atoms with Crippen LogP contribution >= 0.6 is 0 Å². The first kappa shape index (κ1) is 11.3. The second-order valence-corrected chi connectivity index (χ2v) is 3.77. The molecule has 90 valence electrons. The maximum atomic E-state index is 12.3. The molecule has 1 aromatic heterocycles. The molecule has 1 aliphatic heterocycles. The van der Waals surface area contributed by atoms with Crippen LogP contribution in [0.1, 0.15) is 18.5 Å². The average Bonchev–Trinajstić information content (AvgIpc) is 2.76. The van der Waals surface area contributed by atoms with E-state index in [-0.39, 0.29) is 18.5 Å². The van der Waals surface area contributed by atoms with Gasteiger partial charge in [-0.05, 0) is 12.8 Å². The zero-order valence-electron chi connectivity index (χ0n) is 8.50. The van der Waals surface area contributed by atoms with Crippen LogP contribution in [0, 0.1) is 0 Å². The van der Waals surface area contributed by atoms with E-state index in [0.717, 1.165) is 23.6 Å². The summed E-state index contributed by atoms with van der Waals surface area (Å²) in [6.45, 7) is 0.930. The van der Waals surface area contributed by atoms with E-state index in [1.807, 2.05) is 0 Å². The third-order valence-corrected chi connectivity index (χ3v) is 2.50. The van der Waals surface area contributed by atoms with Crippen molar-refractivity contribution in [3.8, 4) is 0 Å². The summed E-state index contributed by atoms with van der Waals surface area (Å²) in [5.41, 5.74) is 4.51. The van der Waals surface area contributed by atoms with Crippen LogP contribution < -0.4 is 5.73 Å². The molecular formula is C9H12F3N3O. The fourth-order valence-corrected chi connectivity index (χ4v) is 1.70. The second-order valence-electron chi connectivity index (χ2n) is 3.77. The number of hydrogen-bond acceptors (Lipinski definition) is 3. The van der Waals surface area contributed by atoms with E-state index in [4.69, 9.17) is 10.5 Å². The summed E-state index contributed by atoms with van der Waals surface area (Å²) in [4.78, 5) is 0. The molecule has 1 fully saturated rings. The quantitative estimate of drug-likeness (QED) is 0.848. The van der Waals surface area contributed by atoms with Gasteiger partial charge < -0.3 is 10.5 Å². The van der Waals surface area contributed by atoms with Crippen molar-refractivity contribution in [2.24, 2.45) is 0 Å². The largest absolute Gasteiger partial charge is 0.435 e. The SMILES string of the molecule is Nc1cc(C(F)(F)F)nn1CC1CCCO1. The molecule has 0 aromatic carbocycles. The van der Waals surface area contributed by atoms with Gasteiger partial charge in [0.15, 0.2) is 5.69 Å².